The van der Waals surface area contributed by atoms with Crippen LogP contribution in [0.1, 0.15) is 0 Å². The van der Waals surface area contributed by atoms with Gasteiger partial charge in [0.15, 0.2) is 0 Å². The number of quaternary nitrogens is 1. The highest BCUT2D eigenvalue weighted by atomic mass is 16.7. The van der Waals surface area contributed by atoms with Crippen molar-refractivity contribution in [3.05, 3.63) is 12.7 Å². The van der Waals surface area contributed by atoms with Gasteiger partial charge in [-0.15, -0.1) is 4.65 Å². The van der Waals surface area contributed by atoms with Crippen LogP contribution in [0.3, 0.4) is 0 Å². The van der Waals surface area contributed by atoms with Crippen LogP contribution in [0.4, 0.5) is 0 Å². The minimum Gasteiger partial charge on any atom is -0.333 e. The second kappa shape index (κ2) is 5.88. The van der Waals surface area contributed by atoms with Gasteiger partial charge in [-0.25, -0.2) is 4.79 Å². The van der Waals surface area contributed by atoms with Crippen LogP contribution in [0, 0.1) is 0 Å². The molecule has 0 saturated carbocycles. The maximum atomic E-state index is 10.5. The monoisotopic (exact) mass is 161 g/mol. The quantitative estimate of drug-likeness (QED) is 0.350. The SMILES string of the molecule is C=CC(=O)O[N+](C)(C)C.CN. The fourth-order valence-electron chi connectivity index (χ4n) is 0.307. The van der Waals surface area contributed by atoms with Crippen molar-refractivity contribution in [3.63, 3.8) is 0 Å². The Hall–Kier alpha value is -0.870. The highest BCUT2D eigenvalue weighted by molar-refractivity contribution is 5.80. The van der Waals surface area contributed by atoms with Crippen LogP contribution >= 0.6 is 0 Å². The van der Waals surface area contributed by atoms with Gasteiger partial charge in [0.1, 0.15) is 21.1 Å². The Morgan fingerprint density at radius 3 is 1.91 bits per heavy atom. The second-order valence-electron chi connectivity index (χ2n) is 2.50. The molecule has 0 saturated heterocycles. The average Bonchev–Trinajstić information content (AvgIpc) is 1.89. The normalized spacial score (nSPS) is 9.18. The molecule has 0 fully saturated rings. The van der Waals surface area contributed by atoms with E-state index in [4.69, 9.17) is 4.84 Å². The molecule has 0 spiro atoms. The summed E-state index contributed by atoms with van der Waals surface area (Å²) in [5.74, 6) is -0.400. The van der Waals surface area contributed by atoms with Crippen LogP contribution in [0.25, 0.3) is 0 Å². The van der Waals surface area contributed by atoms with Crippen LogP contribution in [0.15, 0.2) is 12.7 Å². The van der Waals surface area contributed by atoms with Crippen LogP contribution in [0.5, 0.6) is 0 Å². The lowest BCUT2D eigenvalue weighted by Crippen LogP contribution is -2.36. The minimum atomic E-state index is -0.400. The number of carbonyl (C=O) groups is 1. The summed E-state index contributed by atoms with van der Waals surface area (Å²) < 4.78 is 0.171. The summed E-state index contributed by atoms with van der Waals surface area (Å²) >= 11 is 0. The molecule has 0 amide bonds. The molecule has 0 rings (SSSR count). The number of rotatable bonds is 2. The Bertz CT molecular complexity index is 127. The van der Waals surface area contributed by atoms with Gasteiger partial charge in [0.25, 0.3) is 0 Å². The number of nitrogens with two attached hydrogens (primary N) is 1. The third-order valence-electron chi connectivity index (χ3n) is 0.531. The molecule has 0 aliphatic rings. The average molecular weight is 161 g/mol. The molecule has 0 aromatic carbocycles. The van der Waals surface area contributed by atoms with Gasteiger partial charge in [0.2, 0.25) is 0 Å². The fourth-order valence-corrected chi connectivity index (χ4v) is 0.307. The van der Waals surface area contributed by atoms with Crippen LogP contribution in [-0.2, 0) is 9.63 Å². The first-order chi connectivity index (χ1) is 4.95. The molecule has 0 atom stereocenters. The summed E-state index contributed by atoms with van der Waals surface area (Å²) in [6, 6.07) is 0. The Balaban J connectivity index is 0. The van der Waals surface area contributed by atoms with E-state index in [0.717, 1.165) is 6.08 Å². The number of carbonyl (C=O) groups excluding carboxylic acids is 1. The maximum absolute atomic E-state index is 10.5. The van der Waals surface area contributed by atoms with Crippen LogP contribution < -0.4 is 5.73 Å². The number of hydrogen-bond acceptors (Lipinski definition) is 3. The van der Waals surface area contributed by atoms with E-state index in [-0.39, 0.29) is 4.65 Å². The van der Waals surface area contributed by atoms with Gasteiger partial charge in [0.05, 0.1) is 0 Å². The Labute approximate surface area is 67.8 Å². The third-order valence-corrected chi connectivity index (χ3v) is 0.531. The fraction of sp³-hybridized carbons (Fsp3) is 0.571. The van der Waals surface area contributed by atoms with Crippen molar-refractivity contribution in [2.75, 3.05) is 28.2 Å². The predicted molar refractivity (Wildman–Crippen MR) is 44.4 cm³/mol. The topological polar surface area (TPSA) is 52.3 Å². The zero-order chi connectivity index (χ0) is 9.49. The molecule has 0 heterocycles. The molecular weight excluding hydrogens is 144 g/mol. The second-order valence-corrected chi connectivity index (χ2v) is 2.50. The molecule has 0 radical (unpaired) electrons. The third kappa shape index (κ3) is 12.4. The summed E-state index contributed by atoms with van der Waals surface area (Å²) in [5.41, 5.74) is 4.50. The van der Waals surface area contributed by atoms with Crippen molar-refractivity contribution in [2.45, 2.75) is 0 Å². The summed E-state index contributed by atoms with van der Waals surface area (Å²) in [4.78, 5) is 15.2. The van der Waals surface area contributed by atoms with Crippen molar-refractivity contribution < 1.29 is 14.3 Å². The highest BCUT2D eigenvalue weighted by Gasteiger charge is 2.11. The standard InChI is InChI=1S/C6H12NO2.CH5N/c1-5-6(8)9-7(2,3)4;1-2/h5H,1H2,2-4H3;2H2,1H3/q+1;. The van der Waals surface area contributed by atoms with E-state index < -0.39 is 5.97 Å². The van der Waals surface area contributed by atoms with Crippen molar-refractivity contribution in [1.29, 1.82) is 0 Å². The van der Waals surface area contributed by atoms with Crippen molar-refractivity contribution >= 4 is 5.97 Å². The van der Waals surface area contributed by atoms with Crippen LogP contribution in [-0.4, -0.2) is 38.8 Å². The van der Waals surface area contributed by atoms with Gasteiger partial charge in [0, 0.05) is 6.08 Å². The van der Waals surface area contributed by atoms with Gasteiger partial charge in [-0.05, 0) is 7.05 Å². The van der Waals surface area contributed by atoms with E-state index in [1.807, 2.05) is 0 Å². The van der Waals surface area contributed by atoms with Gasteiger partial charge in [-0.2, -0.15) is 0 Å². The first kappa shape index (κ1) is 12.8. The minimum absolute atomic E-state index is 0.171. The van der Waals surface area contributed by atoms with Crippen LogP contribution in [0.2, 0.25) is 0 Å². The number of hydroxylamine groups is 3. The number of nitrogens with zero attached hydrogens (tertiary/aromatic N) is 1. The Morgan fingerprint density at radius 2 is 1.82 bits per heavy atom. The van der Waals surface area contributed by atoms with Crippen molar-refractivity contribution in [2.24, 2.45) is 5.73 Å². The first-order valence-electron chi connectivity index (χ1n) is 3.21. The molecular formula is C7H17N2O2+. The van der Waals surface area contributed by atoms with Crippen molar-refractivity contribution in [1.82, 2.24) is 0 Å². The molecule has 0 aromatic rings. The largest absolute Gasteiger partial charge is 0.389 e. The maximum Gasteiger partial charge on any atom is 0.389 e. The van der Waals surface area contributed by atoms with E-state index in [1.165, 1.54) is 7.05 Å². The summed E-state index contributed by atoms with van der Waals surface area (Å²) in [7, 11) is 6.75. The predicted octanol–water partition coefficient (Wildman–Crippen LogP) is -0.0883. The highest BCUT2D eigenvalue weighted by Crippen LogP contribution is 1.92. The molecule has 2 N–H and O–H groups in total. The van der Waals surface area contributed by atoms with E-state index in [1.54, 1.807) is 21.1 Å². The number of hydrogen-bond donors (Lipinski definition) is 1. The van der Waals surface area contributed by atoms with Crippen molar-refractivity contribution in [3.8, 4) is 0 Å². The summed E-state index contributed by atoms with van der Waals surface area (Å²) in [5, 5.41) is 0. The Kier molecular flexibility index (Phi) is 6.83. The first-order valence-corrected chi connectivity index (χ1v) is 3.21. The zero-order valence-electron chi connectivity index (χ0n) is 7.63. The molecule has 0 aliphatic heterocycles. The van der Waals surface area contributed by atoms with E-state index in [9.17, 15) is 4.79 Å². The van der Waals surface area contributed by atoms with Gasteiger partial charge in [-0.1, -0.05) is 6.58 Å². The molecule has 0 aromatic heterocycles. The molecule has 66 valence electrons. The lowest BCUT2D eigenvalue weighted by Gasteiger charge is -2.18. The Morgan fingerprint density at radius 1 is 1.45 bits per heavy atom. The summed E-state index contributed by atoms with van der Waals surface area (Å²) in [6.45, 7) is 3.26. The molecule has 0 bridgehead atoms. The zero-order valence-corrected chi connectivity index (χ0v) is 7.63. The van der Waals surface area contributed by atoms with Gasteiger partial charge in [-0.3, -0.25) is 4.84 Å². The van der Waals surface area contributed by atoms with E-state index >= 15 is 0 Å². The lowest BCUT2D eigenvalue weighted by atomic mass is 10.7. The van der Waals surface area contributed by atoms with Gasteiger partial charge < -0.3 is 5.73 Å². The molecule has 0 unspecified atom stereocenters. The van der Waals surface area contributed by atoms with E-state index in [2.05, 4.69) is 12.3 Å². The lowest BCUT2D eigenvalue weighted by molar-refractivity contribution is -1.04. The molecule has 11 heavy (non-hydrogen) atoms. The summed E-state index contributed by atoms with van der Waals surface area (Å²) in [6.07, 6.45) is 1.14. The van der Waals surface area contributed by atoms with E-state index in [0.29, 0.717) is 0 Å². The molecule has 4 heteroatoms. The molecule has 0 aliphatic carbocycles. The molecule has 4 nitrogen and oxygen atoms in total. The smallest absolute Gasteiger partial charge is 0.333 e. The van der Waals surface area contributed by atoms with Gasteiger partial charge >= 0.3 is 5.97 Å².